The van der Waals surface area contributed by atoms with E-state index in [2.05, 4.69) is 19.8 Å². The molecule has 0 aromatic carbocycles. The molecule has 1 atom stereocenters. The molecular weight excluding hydrogens is 312 g/mol. The maximum atomic E-state index is 12.4. The van der Waals surface area contributed by atoms with Crippen LogP contribution >= 0.6 is 0 Å². The van der Waals surface area contributed by atoms with Gasteiger partial charge in [-0.3, -0.25) is 14.5 Å². The van der Waals surface area contributed by atoms with Crippen LogP contribution in [0.2, 0.25) is 0 Å². The Labute approximate surface area is 125 Å². The maximum absolute atomic E-state index is 12.4. The van der Waals surface area contributed by atoms with Crippen molar-refractivity contribution in [3.8, 4) is 0 Å². The Balaban J connectivity index is 2.43. The molecule has 22 heavy (non-hydrogen) atoms. The molecule has 0 aliphatic carbocycles. The van der Waals surface area contributed by atoms with Crippen molar-refractivity contribution in [3.63, 3.8) is 0 Å². The number of aromatic amines is 2. The van der Waals surface area contributed by atoms with Gasteiger partial charge in [0.2, 0.25) is 10.0 Å². The molecular formula is C11H16N6O4S. The summed E-state index contributed by atoms with van der Waals surface area (Å²) >= 11 is 0. The number of hydrogen-bond donors (Lipinski definition) is 3. The first-order valence-corrected chi connectivity index (χ1v) is 7.89. The van der Waals surface area contributed by atoms with Crippen molar-refractivity contribution in [3.05, 3.63) is 39.2 Å². The predicted molar refractivity (Wildman–Crippen MR) is 76.6 cm³/mol. The molecule has 0 aliphatic rings. The second-order valence-electron chi connectivity index (χ2n) is 5.02. The Hall–Kier alpha value is -2.27. The zero-order valence-corrected chi connectivity index (χ0v) is 13.0. The third kappa shape index (κ3) is 3.14. The van der Waals surface area contributed by atoms with E-state index in [0.29, 0.717) is 5.82 Å². The first-order valence-electron chi connectivity index (χ1n) is 6.40. The Bertz CT molecular complexity index is 878. The lowest BCUT2D eigenvalue weighted by atomic mass is 10.1. The minimum Gasteiger partial charge on any atom is -0.313 e. The van der Waals surface area contributed by atoms with Crippen molar-refractivity contribution < 1.29 is 8.42 Å². The second-order valence-corrected chi connectivity index (χ2v) is 6.70. The third-order valence-electron chi connectivity index (χ3n) is 3.05. The number of aromatic nitrogens is 5. The van der Waals surface area contributed by atoms with E-state index < -0.39 is 32.2 Å². The number of nitrogens with zero attached hydrogens (tertiary/aromatic N) is 3. The SMILES string of the molecule is CC(C)C(NS(=O)(=O)c1c[nH]c(=O)[nH]c1=O)c1ncnn1C. The molecule has 2 heterocycles. The molecule has 0 fully saturated rings. The zero-order chi connectivity index (χ0) is 16.5. The first kappa shape index (κ1) is 16.1. The van der Waals surface area contributed by atoms with Gasteiger partial charge in [-0.1, -0.05) is 13.8 Å². The molecule has 0 spiro atoms. The highest BCUT2D eigenvalue weighted by molar-refractivity contribution is 7.89. The predicted octanol–water partition coefficient (Wildman–Crippen LogP) is -1.13. The van der Waals surface area contributed by atoms with Crippen LogP contribution in [-0.4, -0.2) is 33.2 Å². The van der Waals surface area contributed by atoms with Gasteiger partial charge in [-0.05, 0) is 5.92 Å². The Kier molecular flexibility index (Phi) is 4.28. The monoisotopic (exact) mass is 328 g/mol. The molecule has 120 valence electrons. The maximum Gasteiger partial charge on any atom is 0.325 e. The molecule has 1 unspecified atom stereocenters. The van der Waals surface area contributed by atoms with Crippen LogP contribution in [0.4, 0.5) is 0 Å². The molecule has 0 aliphatic heterocycles. The second kappa shape index (κ2) is 5.85. The molecule has 3 N–H and O–H groups in total. The van der Waals surface area contributed by atoms with Crippen LogP contribution in [0.1, 0.15) is 25.7 Å². The third-order valence-corrected chi connectivity index (χ3v) is 4.49. The molecule has 0 saturated carbocycles. The van der Waals surface area contributed by atoms with E-state index in [-0.39, 0.29) is 5.92 Å². The van der Waals surface area contributed by atoms with Crippen molar-refractivity contribution in [1.29, 1.82) is 0 Å². The smallest absolute Gasteiger partial charge is 0.313 e. The number of rotatable bonds is 5. The standard InChI is InChI=1S/C11H16N6O4S/c1-6(2)8(9-13-5-14-17(9)3)16-22(20,21)7-4-12-11(19)15-10(7)18/h4-6,8,16H,1-3H3,(H2,12,15,18,19). The fourth-order valence-corrected chi connectivity index (χ4v) is 3.25. The molecule has 2 aromatic rings. The minimum atomic E-state index is -4.14. The van der Waals surface area contributed by atoms with Crippen molar-refractivity contribution in [2.75, 3.05) is 0 Å². The van der Waals surface area contributed by atoms with E-state index in [1.807, 2.05) is 4.98 Å². The van der Waals surface area contributed by atoms with Crippen molar-refractivity contribution in [1.82, 2.24) is 29.5 Å². The van der Waals surface area contributed by atoms with Crippen LogP contribution in [0.3, 0.4) is 0 Å². The molecule has 11 heteroatoms. The molecule has 2 aromatic heterocycles. The fourth-order valence-electron chi connectivity index (χ4n) is 1.90. The van der Waals surface area contributed by atoms with E-state index in [1.165, 1.54) is 11.0 Å². The highest BCUT2D eigenvalue weighted by atomic mass is 32.2. The normalized spacial score (nSPS) is 13.5. The van der Waals surface area contributed by atoms with E-state index in [4.69, 9.17) is 0 Å². The van der Waals surface area contributed by atoms with Gasteiger partial charge >= 0.3 is 5.69 Å². The Morgan fingerprint density at radius 2 is 2.00 bits per heavy atom. The van der Waals surface area contributed by atoms with Crippen LogP contribution in [0.15, 0.2) is 27.0 Å². The number of H-pyrrole nitrogens is 2. The van der Waals surface area contributed by atoms with Crippen LogP contribution in [0, 0.1) is 5.92 Å². The van der Waals surface area contributed by atoms with Gasteiger partial charge in [0.15, 0.2) is 4.90 Å². The van der Waals surface area contributed by atoms with Crippen LogP contribution in [0.5, 0.6) is 0 Å². The number of sulfonamides is 1. The average Bonchev–Trinajstić information content (AvgIpc) is 2.81. The van der Waals surface area contributed by atoms with Crippen molar-refractivity contribution >= 4 is 10.0 Å². The van der Waals surface area contributed by atoms with Gasteiger partial charge in [-0.15, -0.1) is 0 Å². The van der Waals surface area contributed by atoms with E-state index >= 15 is 0 Å². The van der Waals surface area contributed by atoms with Crippen molar-refractivity contribution in [2.45, 2.75) is 24.8 Å². The topological polar surface area (TPSA) is 143 Å². The lowest BCUT2D eigenvalue weighted by Gasteiger charge is -2.20. The average molecular weight is 328 g/mol. The number of aryl methyl sites for hydroxylation is 1. The van der Waals surface area contributed by atoms with Gasteiger partial charge in [-0.2, -0.15) is 9.82 Å². The van der Waals surface area contributed by atoms with Gasteiger partial charge in [-0.25, -0.2) is 18.2 Å². The Morgan fingerprint density at radius 1 is 1.32 bits per heavy atom. The van der Waals surface area contributed by atoms with Gasteiger partial charge in [0, 0.05) is 13.2 Å². The number of hydrogen-bond acceptors (Lipinski definition) is 6. The Morgan fingerprint density at radius 3 is 2.50 bits per heavy atom. The summed E-state index contributed by atoms with van der Waals surface area (Å²) in [6.07, 6.45) is 2.17. The largest absolute Gasteiger partial charge is 0.325 e. The van der Waals surface area contributed by atoms with Gasteiger partial charge < -0.3 is 4.98 Å². The summed E-state index contributed by atoms with van der Waals surface area (Å²) in [5.41, 5.74) is -1.77. The fraction of sp³-hybridized carbons (Fsp3) is 0.455. The lowest BCUT2D eigenvalue weighted by molar-refractivity contribution is 0.428. The van der Waals surface area contributed by atoms with Crippen molar-refractivity contribution in [2.24, 2.45) is 13.0 Å². The number of nitrogens with one attached hydrogen (secondary N) is 3. The van der Waals surface area contributed by atoms with E-state index in [1.54, 1.807) is 20.9 Å². The van der Waals surface area contributed by atoms with Gasteiger partial charge in [0.25, 0.3) is 5.56 Å². The minimum absolute atomic E-state index is 0.139. The molecule has 0 bridgehead atoms. The van der Waals surface area contributed by atoms with E-state index in [9.17, 15) is 18.0 Å². The molecule has 0 amide bonds. The molecule has 0 radical (unpaired) electrons. The zero-order valence-electron chi connectivity index (χ0n) is 12.2. The van der Waals surface area contributed by atoms with Crippen LogP contribution in [0.25, 0.3) is 0 Å². The highest BCUT2D eigenvalue weighted by Crippen LogP contribution is 2.21. The summed E-state index contributed by atoms with van der Waals surface area (Å²) in [6.45, 7) is 3.61. The lowest BCUT2D eigenvalue weighted by Crippen LogP contribution is -2.37. The highest BCUT2D eigenvalue weighted by Gasteiger charge is 2.28. The van der Waals surface area contributed by atoms with Gasteiger partial charge in [0.05, 0.1) is 6.04 Å². The molecule has 2 rings (SSSR count). The summed E-state index contributed by atoms with van der Waals surface area (Å²) in [5.74, 6) is 0.277. The van der Waals surface area contributed by atoms with Gasteiger partial charge in [0.1, 0.15) is 12.2 Å². The summed E-state index contributed by atoms with van der Waals surface area (Å²) in [6, 6.07) is -0.677. The summed E-state index contributed by atoms with van der Waals surface area (Å²) in [4.78, 5) is 30.1. The van der Waals surface area contributed by atoms with Crippen LogP contribution < -0.4 is 16.0 Å². The molecule has 10 nitrogen and oxygen atoms in total. The first-order chi connectivity index (χ1) is 10.2. The van der Waals surface area contributed by atoms with Crippen LogP contribution in [-0.2, 0) is 17.1 Å². The summed E-state index contributed by atoms with van der Waals surface area (Å²) in [5, 5.41) is 3.91. The summed E-state index contributed by atoms with van der Waals surface area (Å²) < 4.78 is 28.6. The summed E-state index contributed by atoms with van der Waals surface area (Å²) in [7, 11) is -2.50. The van der Waals surface area contributed by atoms with E-state index in [0.717, 1.165) is 6.20 Å². The molecule has 0 saturated heterocycles. The quantitative estimate of drug-likeness (QED) is 0.633.